The maximum absolute atomic E-state index is 13.2. The number of carbonyl (C=O) groups is 1. The Morgan fingerprint density at radius 3 is 2.67 bits per heavy atom. The largest absolute Gasteiger partial charge is 0.489 e. The number of urea groups is 1. The molecule has 2 aliphatic heterocycles. The summed E-state index contributed by atoms with van der Waals surface area (Å²) in [5.74, 6) is 1.55. The zero-order chi connectivity index (χ0) is 19.0. The molecule has 0 saturated carbocycles. The quantitative estimate of drug-likeness (QED) is 0.752. The first-order chi connectivity index (χ1) is 13.0. The summed E-state index contributed by atoms with van der Waals surface area (Å²) in [5, 5.41) is 0.601. The maximum atomic E-state index is 13.2. The van der Waals surface area contributed by atoms with E-state index in [9.17, 15) is 4.79 Å². The van der Waals surface area contributed by atoms with Crippen molar-refractivity contribution in [2.45, 2.75) is 19.9 Å². The van der Waals surface area contributed by atoms with Crippen LogP contribution in [0.5, 0.6) is 5.75 Å². The zero-order valence-corrected chi connectivity index (χ0v) is 16.2. The molecule has 7 nitrogen and oxygen atoms in total. The second-order valence-electron chi connectivity index (χ2n) is 6.86. The van der Waals surface area contributed by atoms with E-state index in [0.29, 0.717) is 30.5 Å². The third kappa shape index (κ3) is 3.39. The molecule has 2 aliphatic rings. The number of ether oxygens (including phenoxy) is 1. The van der Waals surface area contributed by atoms with Gasteiger partial charge in [-0.2, -0.15) is 0 Å². The van der Waals surface area contributed by atoms with E-state index in [1.54, 1.807) is 24.5 Å². The van der Waals surface area contributed by atoms with Crippen LogP contribution in [0.15, 0.2) is 30.6 Å². The first kappa shape index (κ1) is 17.9. The molecule has 1 unspecified atom stereocenters. The highest BCUT2D eigenvalue weighted by atomic mass is 35.5. The number of piperazine rings is 1. The molecule has 27 heavy (non-hydrogen) atoms. The lowest BCUT2D eigenvalue weighted by Crippen LogP contribution is -2.56. The van der Waals surface area contributed by atoms with Crippen molar-refractivity contribution in [2.24, 2.45) is 0 Å². The molecular weight excluding hydrogens is 366 g/mol. The fourth-order valence-electron chi connectivity index (χ4n) is 3.59. The molecule has 1 atom stereocenters. The standard InChI is InChI=1S/C19H22ClN5O2/c1-13-12-27-17-11-15(20)3-4-16(17)25(13)19(26)24-9-7-23(8-10-24)18-14(2)21-5-6-22-18/h3-6,11,13H,7-10,12H2,1-2H3. The number of halogens is 1. The molecule has 1 aromatic carbocycles. The number of hydrogen-bond donors (Lipinski definition) is 0. The highest BCUT2D eigenvalue weighted by Gasteiger charge is 2.34. The number of fused-ring (bicyclic) bond motifs is 1. The van der Waals surface area contributed by atoms with Gasteiger partial charge < -0.3 is 14.5 Å². The first-order valence-electron chi connectivity index (χ1n) is 9.07. The van der Waals surface area contributed by atoms with Gasteiger partial charge in [-0.3, -0.25) is 9.88 Å². The molecule has 0 spiro atoms. The van der Waals surface area contributed by atoms with Crippen LogP contribution in [0.25, 0.3) is 0 Å². The number of carbonyl (C=O) groups excluding carboxylic acids is 1. The molecule has 0 aliphatic carbocycles. The molecule has 1 aromatic heterocycles. The lowest BCUT2D eigenvalue weighted by atomic mass is 10.1. The summed E-state index contributed by atoms with van der Waals surface area (Å²) in [6.45, 7) is 7.16. The van der Waals surface area contributed by atoms with Crippen LogP contribution in [-0.2, 0) is 0 Å². The molecule has 0 N–H and O–H groups in total. The van der Waals surface area contributed by atoms with E-state index in [2.05, 4.69) is 14.9 Å². The Labute approximate surface area is 163 Å². The van der Waals surface area contributed by atoms with E-state index in [1.165, 1.54) is 0 Å². The summed E-state index contributed by atoms with van der Waals surface area (Å²) in [4.78, 5) is 27.9. The molecule has 1 fully saturated rings. The summed E-state index contributed by atoms with van der Waals surface area (Å²) >= 11 is 6.07. The van der Waals surface area contributed by atoms with Gasteiger partial charge in [0.05, 0.1) is 17.4 Å². The fourth-order valence-corrected chi connectivity index (χ4v) is 3.75. The lowest BCUT2D eigenvalue weighted by Gasteiger charge is -2.41. The van der Waals surface area contributed by atoms with Crippen molar-refractivity contribution in [3.05, 3.63) is 41.3 Å². The van der Waals surface area contributed by atoms with Crippen LogP contribution in [0.4, 0.5) is 16.3 Å². The Kier molecular flexibility index (Phi) is 4.78. The SMILES string of the molecule is Cc1nccnc1N1CCN(C(=O)N2c3ccc(Cl)cc3OCC2C)CC1. The number of rotatable bonds is 1. The lowest BCUT2D eigenvalue weighted by molar-refractivity contribution is 0.190. The monoisotopic (exact) mass is 387 g/mol. The average molecular weight is 388 g/mol. The van der Waals surface area contributed by atoms with Crippen molar-refractivity contribution in [1.29, 1.82) is 0 Å². The molecule has 0 bridgehead atoms. The molecule has 0 radical (unpaired) electrons. The highest BCUT2D eigenvalue weighted by Crippen LogP contribution is 2.36. The van der Waals surface area contributed by atoms with Crippen molar-refractivity contribution in [3.63, 3.8) is 0 Å². The van der Waals surface area contributed by atoms with Crippen molar-refractivity contribution in [2.75, 3.05) is 42.6 Å². The Morgan fingerprint density at radius 1 is 1.19 bits per heavy atom. The van der Waals surface area contributed by atoms with Crippen LogP contribution in [0.2, 0.25) is 5.02 Å². The van der Waals surface area contributed by atoms with Gasteiger partial charge in [0, 0.05) is 49.7 Å². The van der Waals surface area contributed by atoms with E-state index in [-0.39, 0.29) is 12.1 Å². The molecule has 2 amide bonds. The summed E-state index contributed by atoms with van der Waals surface area (Å²) in [6.07, 6.45) is 3.40. The highest BCUT2D eigenvalue weighted by molar-refractivity contribution is 6.30. The van der Waals surface area contributed by atoms with Gasteiger partial charge in [0.25, 0.3) is 0 Å². The minimum atomic E-state index is -0.0357. The second kappa shape index (κ2) is 7.23. The number of aryl methyl sites for hydroxylation is 1. The van der Waals surface area contributed by atoms with Crippen LogP contribution in [-0.4, -0.2) is 59.7 Å². The average Bonchev–Trinajstić information content (AvgIpc) is 2.68. The van der Waals surface area contributed by atoms with Gasteiger partial charge in [-0.1, -0.05) is 11.6 Å². The van der Waals surface area contributed by atoms with Crippen molar-refractivity contribution >= 4 is 29.1 Å². The van der Waals surface area contributed by atoms with E-state index in [0.717, 1.165) is 30.3 Å². The van der Waals surface area contributed by atoms with Crippen LogP contribution in [0.1, 0.15) is 12.6 Å². The number of benzene rings is 1. The van der Waals surface area contributed by atoms with Crippen LogP contribution in [0, 0.1) is 6.92 Å². The molecule has 2 aromatic rings. The maximum Gasteiger partial charge on any atom is 0.325 e. The topological polar surface area (TPSA) is 61.8 Å². The Morgan fingerprint density at radius 2 is 1.93 bits per heavy atom. The Hall–Kier alpha value is -2.54. The van der Waals surface area contributed by atoms with E-state index in [4.69, 9.17) is 16.3 Å². The number of anilines is 2. The van der Waals surface area contributed by atoms with Crippen LogP contribution >= 0.6 is 11.6 Å². The zero-order valence-electron chi connectivity index (χ0n) is 15.4. The number of nitrogens with zero attached hydrogens (tertiary/aromatic N) is 5. The van der Waals surface area contributed by atoms with Crippen molar-refractivity contribution in [3.8, 4) is 5.75 Å². The minimum absolute atomic E-state index is 0.00453. The van der Waals surface area contributed by atoms with Gasteiger partial charge in [-0.05, 0) is 26.0 Å². The second-order valence-corrected chi connectivity index (χ2v) is 7.30. The fraction of sp³-hybridized carbons (Fsp3) is 0.421. The normalized spacial score (nSPS) is 19.5. The van der Waals surface area contributed by atoms with E-state index in [1.807, 2.05) is 29.7 Å². The molecule has 142 valence electrons. The Bertz CT molecular complexity index is 854. The smallest absolute Gasteiger partial charge is 0.325 e. The molecule has 3 heterocycles. The van der Waals surface area contributed by atoms with Gasteiger partial charge >= 0.3 is 6.03 Å². The summed E-state index contributed by atoms with van der Waals surface area (Å²) in [5.41, 5.74) is 1.68. The van der Waals surface area contributed by atoms with Gasteiger partial charge in [-0.25, -0.2) is 9.78 Å². The van der Waals surface area contributed by atoms with Gasteiger partial charge in [0.15, 0.2) is 0 Å². The summed E-state index contributed by atoms with van der Waals surface area (Å²) in [6, 6.07) is 5.37. The van der Waals surface area contributed by atoms with Crippen molar-refractivity contribution in [1.82, 2.24) is 14.9 Å². The third-order valence-electron chi connectivity index (χ3n) is 5.01. The molecule has 4 rings (SSSR count). The van der Waals surface area contributed by atoms with Gasteiger partial charge in [0.1, 0.15) is 18.2 Å². The molecule has 8 heteroatoms. The number of amides is 2. The number of aromatic nitrogens is 2. The van der Waals surface area contributed by atoms with Crippen molar-refractivity contribution < 1.29 is 9.53 Å². The van der Waals surface area contributed by atoms with Crippen LogP contribution < -0.4 is 14.5 Å². The van der Waals surface area contributed by atoms with Crippen LogP contribution in [0.3, 0.4) is 0 Å². The van der Waals surface area contributed by atoms with E-state index >= 15 is 0 Å². The summed E-state index contributed by atoms with van der Waals surface area (Å²) in [7, 11) is 0. The third-order valence-corrected chi connectivity index (χ3v) is 5.25. The van der Waals surface area contributed by atoms with Gasteiger partial charge in [-0.15, -0.1) is 0 Å². The predicted molar refractivity (Wildman–Crippen MR) is 105 cm³/mol. The summed E-state index contributed by atoms with van der Waals surface area (Å²) < 4.78 is 5.75. The Balaban J connectivity index is 1.49. The molecular formula is C19H22ClN5O2. The van der Waals surface area contributed by atoms with E-state index < -0.39 is 0 Å². The molecule has 1 saturated heterocycles. The first-order valence-corrected chi connectivity index (χ1v) is 9.45. The number of hydrogen-bond acceptors (Lipinski definition) is 5. The predicted octanol–water partition coefficient (Wildman–Crippen LogP) is 2.97. The minimum Gasteiger partial charge on any atom is -0.489 e. The van der Waals surface area contributed by atoms with Gasteiger partial charge in [0.2, 0.25) is 0 Å².